The van der Waals surface area contributed by atoms with Crippen molar-refractivity contribution in [2.24, 2.45) is 0 Å². The Labute approximate surface area is 88.2 Å². The number of pyridine rings is 1. The van der Waals surface area contributed by atoms with E-state index in [9.17, 15) is 0 Å². The first kappa shape index (κ1) is 10.3. The molecule has 0 saturated carbocycles. The van der Waals surface area contributed by atoms with E-state index in [0.29, 0.717) is 0 Å². The Bertz CT molecular complexity index is 426. The summed E-state index contributed by atoms with van der Waals surface area (Å²) in [5.41, 5.74) is 2.04. The summed E-state index contributed by atoms with van der Waals surface area (Å²) in [6, 6.07) is 7.85. The van der Waals surface area contributed by atoms with Gasteiger partial charge in [0.1, 0.15) is 0 Å². The molecular weight excluding hydrogens is 205 g/mol. The highest BCUT2D eigenvalue weighted by Crippen LogP contribution is 2.22. The molecule has 0 atom stereocenters. The first-order chi connectivity index (χ1) is 5.79. The van der Waals surface area contributed by atoms with Crippen LogP contribution in [-0.4, -0.2) is 4.98 Å². The first-order valence-corrected chi connectivity index (χ1v) is 4.16. The fourth-order valence-electron chi connectivity index (χ4n) is 1.27. The van der Waals surface area contributed by atoms with Gasteiger partial charge in [0.25, 0.3) is 0 Å². The summed E-state index contributed by atoms with van der Waals surface area (Å²) in [7, 11) is 0. The Morgan fingerprint density at radius 3 is 2.77 bits per heavy atom. The topological polar surface area (TPSA) is 12.9 Å². The quantitative estimate of drug-likeness (QED) is 0.652. The zero-order chi connectivity index (χ0) is 8.55. The van der Waals surface area contributed by atoms with Crippen molar-refractivity contribution >= 4 is 34.9 Å². The zero-order valence-electron chi connectivity index (χ0n) is 7.12. The summed E-state index contributed by atoms with van der Waals surface area (Å²) < 4.78 is 0. The number of hydrogen-bond acceptors (Lipinski definition) is 1. The van der Waals surface area contributed by atoms with Crippen LogP contribution in [0.25, 0.3) is 10.9 Å². The van der Waals surface area contributed by atoms with Crippen LogP contribution < -0.4 is 0 Å². The number of aryl methyl sites for hydroxylation is 1. The molecule has 2 aromatic rings. The Kier molecular flexibility index (Phi) is 3.12. The standard InChI is InChI=1S/C10H8ClN.ClH/c1-7-9(11)5-4-8-3-2-6-12-10(7)8;/h2-6H,1H3;1H. The molecule has 0 unspecified atom stereocenters. The normalized spacial score (nSPS) is 9.69. The average molecular weight is 214 g/mol. The Balaban J connectivity index is 0.000000845. The van der Waals surface area contributed by atoms with E-state index in [-0.39, 0.29) is 12.4 Å². The van der Waals surface area contributed by atoms with Crippen LogP contribution in [0.4, 0.5) is 0 Å². The lowest BCUT2D eigenvalue weighted by Crippen LogP contribution is -1.82. The third-order valence-electron chi connectivity index (χ3n) is 1.96. The lowest BCUT2D eigenvalue weighted by atomic mass is 10.1. The Hall–Kier alpha value is -0.790. The van der Waals surface area contributed by atoms with E-state index in [1.807, 2.05) is 31.2 Å². The highest BCUT2D eigenvalue weighted by atomic mass is 35.5. The summed E-state index contributed by atoms with van der Waals surface area (Å²) in [6.07, 6.45) is 1.78. The molecule has 0 amide bonds. The number of aromatic nitrogens is 1. The Morgan fingerprint density at radius 1 is 1.23 bits per heavy atom. The number of hydrogen-bond donors (Lipinski definition) is 0. The molecule has 0 spiro atoms. The lowest BCUT2D eigenvalue weighted by Gasteiger charge is -2.01. The summed E-state index contributed by atoms with van der Waals surface area (Å²) >= 11 is 5.95. The van der Waals surface area contributed by atoms with Gasteiger partial charge in [-0.3, -0.25) is 4.98 Å². The summed E-state index contributed by atoms with van der Waals surface area (Å²) in [5, 5.41) is 1.92. The number of nitrogens with zero attached hydrogens (tertiary/aromatic N) is 1. The van der Waals surface area contributed by atoms with Crippen LogP contribution in [0.2, 0.25) is 5.02 Å². The van der Waals surface area contributed by atoms with Crippen molar-refractivity contribution in [2.45, 2.75) is 6.92 Å². The minimum atomic E-state index is 0. The van der Waals surface area contributed by atoms with Crippen LogP contribution in [0.1, 0.15) is 5.56 Å². The van der Waals surface area contributed by atoms with Crippen molar-refractivity contribution in [3.05, 3.63) is 41.0 Å². The SMILES string of the molecule is Cc1c(Cl)ccc2cccnc12.Cl. The highest BCUT2D eigenvalue weighted by molar-refractivity contribution is 6.32. The minimum Gasteiger partial charge on any atom is -0.256 e. The minimum absolute atomic E-state index is 0. The number of fused-ring (bicyclic) bond motifs is 1. The smallest absolute Gasteiger partial charge is 0.0745 e. The van der Waals surface area contributed by atoms with Crippen LogP contribution in [0.15, 0.2) is 30.5 Å². The molecule has 0 fully saturated rings. The van der Waals surface area contributed by atoms with Gasteiger partial charge in [-0.25, -0.2) is 0 Å². The summed E-state index contributed by atoms with van der Waals surface area (Å²) in [4.78, 5) is 4.26. The van der Waals surface area contributed by atoms with Gasteiger partial charge in [0.15, 0.2) is 0 Å². The monoisotopic (exact) mass is 213 g/mol. The molecule has 0 aliphatic heterocycles. The van der Waals surface area contributed by atoms with Gasteiger partial charge in [0, 0.05) is 16.6 Å². The van der Waals surface area contributed by atoms with E-state index in [4.69, 9.17) is 11.6 Å². The van der Waals surface area contributed by atoms with Gasteiger partial charge in [0.2, 0.25) is 0 Å². The van der Waals surface area contributed by atoms with Crippen LogP contribution in [0, 0.1) is 6.92 Å². The highest BCUT2D eigenvalue weighted by Gasteiger charge is 2.00. The molecule has 13 heavy (non-hydrogen) atoms. The van der Waals surface area contributed by atoms with Crippen LogP contribution in [0.3, 0.4) is 0 Å². The molecule has 1 heterocycles. The van der Waals surface area contributed by atoms with E-state index >= 15 is 0 Å². The van der Waals surface area contributed by atoms with E-state index in [0.717, 1.165) is 21.5 Å². The van der Waals surface area contributed by atoms with Gasteiger partial charge in [-0.1, -0.05) is 23.7 Å². The molecular formula is C10H9Cl2N. The molecule has 0 bridgehead atoms. The molecule has 0 radical (unpaired) electrons. The van der Waals surface area contributed by atoms with Gasteiger partial charge in [-0.2, -0.15) is 0 Å². The van der Waals surface area contributed by atoms with Crippen LogP contribution in [-0.2, 0) is 0 Å². The van der Waals surface area contributed by atoms with E-state index in [1.54, 1.807) is 6.20 Å². The molecule has 0 saturated heterocycles. The summed E-state index contributed by atoms with van der Waals surface area (Å²) in [5.74, 6) is 0. The lowest BCUT2D eigenvalue weighted by molar-refractivity contribution is 1.37. The average Bonchev–Trinajstić information content (AvgIpc) is 2.12. The molecule has 0 aliphatic carbocycles. The maximum Gasteiger partial charge on any atom is 0.0745 e. The third kappa shape index (κ3) is 1.77. The number of rotatable bonds is 0. The van der Waals surface area contributed by atoms with Crippen molar-refractivity contribution in [3.8, 4) is 0 Å². The molecule has 1 aromatic carbocycles. The van der Waals surface area contributed by atoms with Gasteiger partial charge in [-0.15, -0.1) is 12.4 Å². The number of halogens is 2. The fraction of sp³-hybridized carbons (Fsp3) is 0.100. The molecule has 0 aliphatic rings. The first-order valence-electron chi connectivity index (χ1n) is 3.79. The van der Waals surface area contributed by atoms with Gasteiger partial charge in [0.05, 0.1) is 5.52 Å². The zero-order valence-corrected chi connectivity index (χ0v) is 8.69. The van der Waals surface area contributed by atoms with Gasteiger partial charge < -0.3 is 0 Å². The predicted molar refractivity (Wildman–Crippen MR) is 58.7 cm³/mol. The molecule has 68 valence electrons. The second-order valence-electron chi connectivity index (χ2n) is 2.75. The van der Waals surface area contributed by atoms with Gasteiger partial charge in [-0.05, 0) is 24.6 Å². The summed E-state index contributed by atoms with van der Waals surface area (Å²) in [6.45, 7) is 1.98. The third-order valence-corrected chi connectivity index (χ3v) is 2.37. The van der Waals surface area contributed by atoms with E-state index in [2.05, 4.69) is 4.98 Å². The molecule has 0 N–H and O–H groups in total. The van der Waals surface area contributed by atoms with Crippen molar-refractivity contribution in [1.82, 2.24) is 4.98 Å². The second-order valence-corrected chi connectivity index (χ2v) is 3.15. The van der Waals surface area contributed by atoms with Gasteiger partial charge >= 0.3 is 0 Å². The molecule has 2 rings (SSSR count). The maximum absolute atomic E-state index is 5.95. The largest absolute Gasteiger partial charge is 0.256 e. The molecule has 1 nitrogen and oxygen atoms in total. The fourth-order valence-corrected chi connectivity index (χ4v) is 1.42. The van der Waals surface area contributed by atoms with E-state index < -0.39 is 0 Å². The van der Waals surface area contributed by atoms with Crippen molar-refractivity contribution in [2.75, 3.05) is 0 Å². The van der Waals surface area contributed by atoms with E-state index in [1.165, 1.54) is 0 Å². The number of benzene rings is 1. The van der Waals surface area contributed by atoms with Crippen molar-refractivity contribution in [3.63, 3.8) is 0 Å². The maximum atomic E-state index is 5.95. The predicted octanol–water partition coefficient (Wildman–Crippen LogP) is 3.62. The second kappa shape index (κ2) is 3.95. The molecule has 1 aromatic heterocycles. The van der Waals surface area contributed by atoms with Crippen molar-refractivity contribution < 1.29 is 0 Å². The van der Waals surface area contributed by atoms with Crippen LogP contribution >= 0.6 is 24.0 Å². The Morgan fingerprint density at radius 2 is 2.00 bits per heavy atom. The molecule has 3 heteroatoms. The van der Waals surface area contributed by atoms with Crippen LogP contribution in [0.5, 0.6) is 0 Å². The van der Waals surface area contributed by atoms with Crippen molar-refractivity contribution in [1.29, 1.82) is 0 Å².